The second-order valence-corrected chi connectivity index (χ2v) is 7.50. The summed E-state index contributed by atoms with van der Waals surface area (Å²) in [6.07, 6.45) is 0.964. The van der Waals surface area contributed by atoms with E-state index in [9.17, 15) is 4.57 Å². The van der Waals surface area contributed by atoms with Crippen LogP contribution in [0, 0.1) is 0 Å². The van der Waals surface area contributed by atoms with Gasteiger partial charge >= 0.3 is 7.60 Å². The summed E-state index contributed by atoms with van der Waals surface area (Å²) in [5, 5.41) is 3.33. The summed E-state index contributed by atoms with van der Waals surface area (Å²) in [4.78, 5) is 0. The molecule has 0 bridgehead atoms. The summed E-state index contributed by atoms with van der Waals surface area (Å²) < 4.78 is 24.5. The van der Waals surface area contributed by atoms with Crippen LogP contribution in [0.5, 0.6) is 0 Å². The van der Waals surface area contributed by atoms with Crippen molar-refractivity contribution < 1.29 is 13.6 Å². The predicted molar refractivity (Wildman–Crippen MR) is 99.5 cm³/mol. The summed E-state index contributed by atoms with van der Waals surface area (Å²) in [7, 11) is -3.35. The van der Waals surface area contributed by atoms with E-state index in [2.05, 4.69) is 24.4 Å². The van der Waals surface area contributed by atoms with E-state index in [4.69, 9.17) is 9.05 Å². The zero-order valence-electron chi connectivity index (χ0n) is 14.6. The zero-order valence-corrected chi connectivity index (χ0v) is 15.5. The fourth-order valence-electron chi connectivity index (χ4n) is 2.52. The number of hydrogen-bond donors (Lipinski definition) is 1. The van der Waals surface area contributed by atoms with Crippen LogP contribution in [0.3, 0.4) is 0 Å². The van der Waals surface area contributed by atoms with Crippen molar-refractivity contribution >= 4 is 13.3 Å². The van der Waals surface area contributed by atoms with Gasteiger partial charge < -0.3 is 14.4 Å². The molecular weight excluding hydrogens is 321 g/mol. The molecule has 1 N–H and O–H groups in total. The van der Waals surface area contributed by atoms with Gasteiger partial charge in [-0.1, -0.05) is 49.4 Å². The maximum Gasteiger partial charge on any atom is 0.357 e. The van der Waals surface area contributed by atoms with Gasteiger partial charge in [0.1, 0.15) is 0 Å². The molecule has 4 nitrogen and oxygen atoms in total. The Kier molecular flexibility index (Phi) is 7.04. The number of rotatable bonds is 9. The van der Waals surface area contributed by atoms with Gasteiger partial charge in [-0.15, -0.1) is 0 Å². The first kappa shape index (κ1) is 18.7. The first-order valence-corrected chi connectivity index (χ1v) is 10.0. The lowest BCUT2D eigenvalue weighted by Crippen LogP contribution is -2.15. The monoisotopic (exact) mass is 347 g/mol. The average molecular weight is 347 g/mol. The van der Waals surface area contributed by atoms with Crippen LogP contribution >= 0.6 is 7.60 Å². The van der Waals surface area contributed by atoms with Crippen molar-refractivity contribution in [3.05, 3.63) is 65.7 Å². The Balaban J connectivity index is 2.40. The van der Waals surface area contributed by atoms with Gasteiger partial charge in [-0.3, -0.25) is 4.57 Å². The average Bonchev–Trinajstić information content (AvgIpc) is 2.61. The first-order valence-electron chi connectivity index (χ1n) is 8.42. The molecule has 0 radical (unpaired) electrons. The quantitative estimate of drug-likeness (QED) is 0.598. The maximum absolute atomic E-state index is 13.4. The first-order chi connectivity index (χ1) is 11.6. The van der Waals surface area contributed by atoms with E-state index in [0.717, 1.165) is 17.7 Å². The number of hydrogen-bond acceptors (Lipinski definition) is 4. The number of para-hydroxylation sites is 1. The van der Waals surface area contributed by atoms with Gasteiger partial charge in [0, 0.05) is 5.69 Å². The van der Waals surface area contributed by atoms with Crippen molar-refractivity contribution in [1.82, 2.24) is 0 Å². The Morgan fingerprint density at radius 3 is 2.00 bits per heavy atom. The third-order valence-corrected chi connectivity index (χ3v) is 6.01. The molecule has 0 saturated heterocycles. The normalized spacial score (nSPS) is 12.8. The molecule has 0 amide bonds. The second kappa shape index (κ2) is 9.03. The fraction of sp³-hybridized carbons (Fsp3) is 0.368. The highest BCUT2D eigenvalue weighted by molar-refractivity contribution is 7.54. The Bertz CT molecular complexity index is 648. The highest BCUT2D eigenvalue weighted by Crippen LogP contribution is 2.60. The van der Waals surface area contributed by atoms with Crippen LogP contribution in [-0.2, 0) is 20.0 Å². The Hall–Kier alpha value is -1.61. The van der Waals surface area contributed by atoms with Crippen molar-refractivity contribution in [3.8, 4) is 0 Å². The molecule has 0 unspecified atom stereocenters. The van der Waals surface area contributed by atoms with Gasteiger partial charge in [0.2, 0.25) is 0 Å². The van der Waals surface area contributed by atoms with E-state index in [-0.39, 0.29) is 0 Å². The molecule has 2 aromatic rings. The van der Waals surface area contributed by atoms with Crippen LogP contribution in [0.2, 0.25) is 0 Å². The van der Waals surface area contributed by atoms with Crippen molar-refractivity contribution in [1.29, 1.82) is 0 Å². The molecule has 5 heteroatoms. The highest BCUT2D eigenvalue weighted by Gasteiger charge is 2.37. The van der Waals surface area contributed by atoms with Gasteiger partial charge in [0.15, 0.2) is 5.78 Å². The third-order valence-electron chi connectivity index (χ3n) is 3.72. The Labute approximate surface area is 144 Å². The molecule has 24 heavy (non-hydrogen) atoms. The number of aryl methyl sites for hydroxylation is 1. The lowest BCUT2D eigenvalue weighted by atomic mass is 10.1. The van der Waals surface area contributed by atoms with Crippen LogP contribution in [0.1, 0.15) is 37.7 Å². The molecule has 0 aliphatic carbocycles. The SMILES string of the molecule is CCOP(=O)(OCC)[C@H](Nc1ccccc1)c1ccc(CC)cc1. The van der Waals surface area contributed by atoms with E-state index in [1.807, 2.05) is 56.3 Å². The number of benzene rings is 2. The Morgan fingerprint density at radius 1 is 0.917 bits per heavy atom. The van der Waals surface area contributed by atoms with Crippen LogP contribution in [0.25, 0.3) is 0 Å². The van der Waals surface area contributed by atoms with E-state index in [0.29, 0.717) is 13.2 Å². The fourth-order valence-corrected chi connectivity index (χ4v) is 4.46. The Morgan fingerprint density at radius 2 is 1.50 bits per heavy atom. The molecule has 0 aliphatic rings. The van der Waals surface area contributed by atoms with E-state index in [1.165, 1.54) is 5.56 Å². The summed E-state index contributed by atoms with van der Waals surface area (Å²) in [6.45, 7) is 6.42. The van der Waals surface area contributed by atoms with Crippen LogP contribution in [-0.4, -0.2) is 13.2 Å². The third kappa shape index (κ3) is 4.70. The van der Waals surface area contributed by atoms with E-state index in [1.54, 1.807) is 0 Å². The van der Waals surface area contributed by atoms with Crippen molar-refractivity contribution in [3.63, 3.8) is 0 Å². The molecule has 130 valence electrons. The number of nitrogens with one attached hydrogen (secondary N) is 1. The topological polar surface area (TPSA) is 47.6 Å². The van der Waals surface area contributed by atoms with Crippen molar-refractivity contribution in [2.24, 2.45) is 0 Å². The standard InChI is InChI=1S/C19H26NO3P/c1-4-16-12-14-17(15-13-16)19(20-18-10-8-7-9-11-18)24(21,22-5-2)23-6-3/h7-15,19-20H,4-6H2,1-3H3/t19-/m0/s1. The molecule has 0 aliphatic heterocycles. The van der Waals surface area contributed by atoms with Gasteiger partial charge in [-0.25, -0.2) is 0 Å². The second-order valence-electron chi connectivity index (χ2n) is 5.38. The van der Waals surface area contributed by atoms with Gasteiger partial charge in [-0.2, -0.15) is 0 Å². The summed E-state index contributed by atoms with van der Waals surface area (Å²) in [5.74, 6) is -0.550. The van der Waals surface area contributed by atoms with E-state index < -0.39 is 13.4 Å². The molecular formula is C19H26NO3P. The summed E-state index contributed by atoms with van der Waals surface area (Å²) in [5.41, 5.74) is 3.00. The lowest BCUT2D eigenvalue weighted by Gasteiger charge is -2.28. The molecule has 0 spiro atoms. The van der Waals surface area contributed by atoms with Crippen molar-refractivity contribution in [2.75, 3.05) is 18.5 Å². The lowest BCUT2D eigenvalue weighted by molar-refractivity contribution is 0.214. The predicted octanol–water partition coefficient (Wildman–Crippen LogP) is 5.63. The van der Waals surface area contributed by atoms with Gasteiger partial charge in [0.05, 0.1) is 13.2 Å². The minimum Gasteiger partial charge on any atom is -0.368 e. The van der Waals surface area contributed by atoms with Gasteiger partial charge in [-0.05, 0) is 43.5 Å². The van der Waals surface area contributed by atoms with Crippen LogP contribution in [0.15, 0.2) is 54.6 Å². The molecule has 1 atom stereocenters. The zero-order chi connectivity index (χ0) is 17.4. The maximum atomic E-state index is 13.4. The summed E-state index contributed by atoms with van der Waals surface area (Å²) in [6, 6.07) is 17.8. The molecule has 0 fully saturated rings. The number of anilines is 1. The largest absolute Gasteiger partial charge is 0.368 e. The highest BCUT2D eigenvalue weighted by atomic mass is 31.2. The molecule has 0 saturated carbocycles. The summed E-state index contributed by atoms with van der Waals surface area (Å²) >= 11 is 0. The van der Waals surface area contributed by atoms with Crippen LogP contribution in [0.4, 0.5) is 5.69 Å². The smallest absolute Gasteiger partial charge is 0.357 e. The minimum absolute atomic E-state index is 0.331. The molecule has 2 rings (SSSR count). The van der Waals surface area contributed by atoms with Crippen LogP contribution < -0.4 is 5.32 Å². The minimum atomic E-state index is -3.35. The van der Waals surface area contributed by atoms with Gasteiger partial charge in [0.25, 0.3) is 0 Å². The van der Waals surface area contributed by atoms with Crippen molar-refractivity contribution in [2.45, 2.75) is 33.0 Å². The molecule has 2 aromatic carbocycles. The molecule has 0 aromatic heterocycles. The van der Waals surface area contributed by atoms with E-state index >= 15 is 0 Å². The molecule has 0 heterocycles.